The molecule has 2 aromatic carbocycles. The van der Waals surface area contributed by atoms with Crippen LogP contribution < -0.4 is 10.7 Å². The molecule has 3 aromatic rings. The van der Waals surface area contributed by atoms with Crippen molar-refractivity contribution in [3.8, 4) is 0 Å². The van der Waals surface area contributed by atoms with Crippen LogP contribution in [0.25, 0.3) is 0 Å². The lowest BCUT2D eigenvalue weighted by molar-refractivity contribution is 0.0955. The van der Waals surface area contributed by atoms with Crippen LogP contribution in [0.15, 0.2) is 78.2 Å². The largest absolute Gasteiger partial charge is 0.381 e. The Labute approximate surface area is 152 Å². The minimum Gasteiger partial charge on any atom is -0.381 e. The maximum absolute atomic E-state index is 12.1. The van der Waals surface area contributed by atoms with Gasteiger partial charge in [-0.3, -0.25) is 9.78 Å². The first-order valence-electron chi connectivity index (χ1n) is 8.33. The van der Waals surface area contributed by atoms with Crippen LogP contribution in [0.4, 0.5) is 5.69 Å². The summed E-state index contributed by atoms with van der Waals surface area (Å²) in [6.07, 6.45) is 4.93. The van der Waals surface area contributed by atoms with E-state index in [4.69, 9.17) is 0 Å². The van der Waals surface area contributed by atoms with E-state index in [1.54, 1.807) is 30.7 Å². The molecule has 0 radical (unpaired) electrons. The summed E-state index contributed by atoms with van der Waals surface area (Å²) in [4.78, 5) is 16.0. The molecule has 5 heteroatoms. The number of hydrazone groups is 1. The van der Waals surface area contributed by atoms with Gasteiger partial charge in [0.25, 0.3) is 5.91 Å². The van der Waals surface area contributed by atoms with Gasteiger partial charge in [-0.1, -0.05) is 29.8 Å². The Bertz CT molecular complexity index is 872. The van der Waals surface area contributed by atoms with Crippen LogP contribution in [-0.2, 0) is 6.54 Å². The van der Waals surface area contributed by atoms with Gasteiger partial charge in [0.2, 0.25) is 0 Å². The molecule has 130 valence electrons. The van der Waals surface area contributed by atoms with E-state index in [2.05, 4.69) is 52.0 Å². The van der Waals surface area contributed by atoms with Crippen LogP contribution in [0.5, 0.6) is 0 Å². The molecule has 0 atom stereocenters. The third-order valence-corrected chi connectivity index (χ3v) is 3.85. The first-order valence-corrected chi connectivity index (χ1v) is 8.33. The van der Waals surface area contributed by atoms with Gasteiger partial charge in [-0.2, -0.15) is 5.10 Å². The fourth-order valence-electron chi connectivity index (χ4n) is 2.33. The minimum atomic E-state index is -0.242. The second-order valence-corrected chi connectivity index (χ2v) is 5.90. The highest BCUT2D eigenvalue weighted by Gasteiger charge is 2.04. The number of nitrogens with zero attached hydrogens (tertiary/aromatic N) is 2. The van der Waals surface area contributed by atoms with E-state index in [1.807, 2.05) is 24.3 Å². The van der Waals surface area contributed by atoms with Crippen LogP contribution >= 0.6 is 0 Å². The zero-order chi connectivity index (χ0) is 18.2. The molecule has 5 nitrogen and oxygen atoms in total. The zero-order valence-electron chi connectivity index (χ0n) is 14.5. The Hall–Kier alpha value is -3.47. The third kappa shape index (κ3) is 5.01. The summed E-state index contributed by atoms with van der Waals surface area (Å²) in [5, 5.41) is 7.32. The van der Waals surface area contributed by atoms with Crippen molar-refractivity contribution >= 4 is 17.8 Å². The molecule has 0 spiro atoms. The van der Waals surface area contributed by atoms with Crippen molar-refractivity contribution in [2.24, 2.45) is 5.10 Å². The van der Waals surface area contributed by atoms with E-state index in [-0.39, 0.29) is 5.91 Å². The monoisotopic (exact) mass is 344 g/mol. The van der Waals surface area contributed by atoms with E-state index < -0.39 is 0 Å². The number of nitrogens with one attached hydrogen (secondary N) is 2. The Morgan fingerprint density at radius 2 is 1.69 bits per heavy atom. The first-order chi connectivity index (χ1) is 12.7. The van der Waals surface area contributed by atoms with Gasteiger partial charge in [-0.25, -0.2) is 5.43 Å². The molecule has 0 bridgehead atoms. The van der Waals surface area contributed by atoms with Crippen LogP contribution in [0.3, 0.4) is 0 Å². The van der Waals surface area contributed by atoms with E-state index in [0.717, 1.165) is 16.8 Å². The van der Waals surface area contributed by atoms with Crippen LogP contribution in [0.1, 0.15) is 27.0 Å². The molecule has 0 fully saturated rings. The summed E-state index contributed by atoms with van der Waals surface area (Å²) in [6, 6.07) is 19.3. The molecule has 1 amide bonds. The number of rotatable bonds is 6. The molecule has 0 aliphatic rings. The lowest BCUT2D eigenvalue weighted by Gasteiger charge is -2.07. The van der Waals surface area contributed by atoms with Crippen LogP contribution in [0.2, 0.25) is 0 Å². The number of carbonyl (C=O) groups is 1. The maximum atomic E-state index is 12.1. The number of aryl methyl sites for hydroxylation is 1. The second kappa shape index (κ2) is 8.58. The van der Waals surface area contributed by atoms with Crippen molar-refractivity contribution in [2.45, 2.75) is 13.5 Å². The second-order valence-electron chi connectivity index (χ2n) is 5.90. The molecule has 0 saturated heterocycles. The summed E-state index contributed by atoms with van der Waals surface area (Å²) >= 11 is 0. The predicted molar refractivity (Wildman–Crippen MR) is 104 cm³/mol. The van der Waals surface area contributed by atoms with Gasteiger partial charge in [-0.05, 0) is 54.4 Å². The number of hydrogen-bond acceptors (Lipinski definition) is 4. The van der Waals surface area contributed by atoms with Crippen molar-refractivity contribution in [3.63, 3.8) is 0 Å². The molecular formula is C21H20N4O. The first kappa shape index (κ1) is 17.4. The summed E-state index contributed by atoms with van der Waals surface area (Å²) in [5.41, 5.74) is 7.37. The third-order valence-electron chi connectivity index (χ3n) is 3.85. The van der Waals surface area contributed by atoms with Crippen molar-refractivity contribution < 1.29 is 4.79 Å². The van der Waals surface area contributed by atoms with Gasteiger partial charge >= 0.3 is 0 Å². The summed E-state index contributed by atoms with van der Waals surface area (Å²) in [6.45, 7) is 2.76. The molecule has 1 aromatic heterocycles. The van der Waals surface area contributed by atoms with Crippen molar-refractivity contribution in [1.82, 2.24) is 10.4 Å². The predicted octanol–water partition coefficient (Wildman–Crippen LogP) is 3.77. The SMILES string of the molecule is Cc1ccc(NCc2ccc(C(=O)N/N=C/c3ccncc3)cc2)cc1. The Morgan fingerprint density at radius 3 is 2.38 bits per heavy atom. The van der Waals surface area contributed by atoms with Crippen LogP contribution in [-0.4, -0.2) is 17.1 Å². The topological polar surface area (TPSA) is 66.4 Å². The lowest BCUT2D eigenvalue weighted by atomic mass is 10.1. The fourth-order valence-corrected chi connectivity index (χ4v) is 2.33. The molecule has 0 unspecified atom stereocenters. The van der Waals surface area contributed by atoms with Crippen molar-refractivity contribution in [2.75, 3.05) is 5.32 Å². The highest BCUT2D eigenvalue weighted by atomic mass is 16.2. The number of aromatic nitrogens is 1. The molecule has 2 N–H and O–H groups in total. The molecule has 3 rings (SSSR count). The highest BCUT2D eigenvalue weighted by molar-refractivity contribution is 5.94. The Balaban J connectivity index is 1.52. The van der Waals surface area contributed by atoms with Crippen molar-refractivity contribution in [1.29, 1.82) is 0 Å². The van der Waals surface area contributed by atoms with Gasteiger partial charge in [0.1, 0.15) is 0 Å². The quantitative estimate of drug-likeness (QED) is 0.528. The molecule has 0 aliphatic carbocycles. The highest BCUT2D eigenvalue weighted by Crippen LogP contribution is 2.11. The number of carbonyl (C=O) groups excluding carboxylic acids is 1. The van der Waals surface area contributed by atoms with E-state index in [1.165, 1.54) is 5.56 Å². The number of amides is 1. The number of pyridine rings is 1. The van der Waals surface area contributed by atoms with Crippen LogP contribution in [0, 0.1) is 6.92 Å². The normalized spacial score (nSPS) is 10.7. The standard InChI is InChI=1S/C21H20N4O/c1-16-2-8-20(9-3-16)23-14-17-4-6-19(7-5-17)21(26)25-24-15-18-10-12-22-13-11-18/h2-13,15,23H,14H2,1H3,(H,25,26)/b24-15+. The number of benzene rings is 2. The molecular weight excluding hydrogens is 324 g/mol. The molecule has 0 saturated carbocycles. The van der Waals surface area contributed by atoms with Gasteiger partial charge < -0.3 is 5.32 Å². The van der Waals surface area contributed by atoms with Gasteiger partial charge in [-0.15, -0.1) is 0 Å². The Kier molecular flexibility index (Phi) is 5.72. The zero-order valence-corrected chi connectivity index (χ0v) is 14.5. The Morgan fingerprint density at radius 1 is 1.00 bits per heavy atom. The van der Waals surface area contributed by atoms with Gasteiger partial charge in [0.15, 0.2) is 0 Å². The molecule has 0 aliphatic heterocycles. The van der Waals surface area contributed by atoms with Crippen molar-refractivity contribution in [3.05, 3.63) is 95.3 Å². The molecule has 26 heavy (non-hydrogen) atoms. The summed E-state index contributed by atoms with van der Waals surface area (Å²) < 4.78 is 0. The smallest absolute Gasteiger partial charge is 0.271 e. The maximum Gasteiger partial charge on any atom is 0.271 e. The minimum absolute atomic E-state index is 0.242. The average Bonchev–Trinajstić information content (AvgIpc) is 2.69. The summed E-state index contributed by atoms with van der Waals surface area (Å²) in [5.74, 6) is -0.242. The number of anilines is 1. The van der Waals surface area contributed by atoms with Gasteiger partial charge in [0.05, 0.1) is 6.21 Å². The average molecular weight is 344 g/mol. The fraction of sp³-hybridized carbons (Fsp3) is 0.0952. The van der Waals surface area contributed by atoms with E-state index in [0.29, 0.717) is 12.1 Å². The van der Waals surface area contributed by atoms with E-state index >= 15 is 0 Å². The molecule has 1 heterocycles. The van der Waals surface area contributed by atoms with Gasteiger partial charge in [0, 0.05) is 30.2 Å². The van der Waals surface area contributed by atoms with E-state index in [9.17, 15) is 4.79 Å². The lowest BCUT2D eigenvalue weighted by Crippen LogP contribution is -2.17. The number of hydrogen-bond donors (Lipinski definition) is 2. The summed E-state index contributed by atoms with van der Waals surface area (Å²) in [7, 11) is 0.